The highest BCUT2D eigenvalue weighted by Crippen LogP contribution is 2.12. The minimum absolute atomic E-state index is 0.869. The lowest BCUT2D eigenvalue weighted by Gasteiger charge is -2.04. The minimum atomic E-state index is 0.869. The van der Waals surface area contributed by atoms with Gasteiger partial charge in [0.2, 0.25) is 0 Å². The fourth-order valence-corrected chi connectivity index (χ4v) is 1.16. The maximum absolute atomic E-state index is 5.35. The van der Waals surface area contributed by atoms with Crippen LogP contribution < -0.4 is 0 Å². The van der Waals surface area contributed by atoms with E-state index in [-0.39, 0.29) is 0 Å². The summed E-state index contributed by atoms with van der Waals surface area (Å²) in [6, 6.07) is 6.31. The van der Waals surface area contributed by atoms with Crippen LogP contribution in [0.1, 0.15) is 16.7 Å². The van der Waals surface area contributed by atoms with Gasteiger partial charge >= 0.3 is 0 Å². The fourth-order valence-electron chi connectivity index (χ4n) is 1.16. The molecule has 0 unspecified atom stereocenters. The molecule has 0 heteroatoms. The summed E-state index contributed by atoms with van der Waals surface area (Å²) in [5, 5.41) is 0. The molecule has 11 heavy (non-hydrogen) atoms. The summed E-state index contributed by atoms with van der Waals surface area (Å²) in [5.74, 6) is 0. The van der Waals surface area contributed by atoms with Gasteiger partial charge in [-0.05, 0) is 37.0 Å². The quantitative estimate of drug-likeness (QED) is 0.600. The number of hydrogen-bond donors (Lipinski definition) is 0. The molecule has 57 valence electrons. The Morgan fingerprint density at radius 3 is 2.73 bits per heavy atom. The van der Waals surface area contributed by atoms with E-state index in [2.05, 4.69) is 32.0 Å². The van der Waals surface area contributed by atoms with Crippen LogP contribution in [0.25, 0.3) is 0 Å². The zero-order valence-corrected chi connectivity index (χ0v) is 7.09. The van der Waals surface area contributed by atoms with Gasteiger partial charge in [0.1, 0.15) is 0 Å². The van der Waals surface area contributed by atoms with Crippen molar-refractivity contribution < 1.29 is 0 Å². The van der Waals surface area contributed by atoms with Crippen LogP contribution >= 0.6 is 0 Å². The van der Waals surface area contributed by atoms with Gasteiger partial charge in [-0.1, -0.05) is 30.9 Å². The van der Waals surface area contributed by atoms with Gasteiger partial charge in [-0.15, -0.1) is 0 Å². The number of benzene rings is 1. The molecule has 0 aliphatic carbocycles. The minimum Gasteiger partial charge on any atom is -0.0801 e. The van der Waals surface area contributed by atoms with Crippen molar-refractivity contribution in [1.82, 2.24) is 0 Å². The highest BCUT2D eigenvalue weighted by atomic mass is 14.0. The molecule has 0 spiro atoms. The van der Waals surface area contributed by atoms with Crippen molar-refractivity contribution in [2.45, 2.75) is 20.3 Å². The summed E-state index contributed by atoms with van der Waals surface area (Å²) >= 11 is 0. The summed E-state index contributed by atoms with van der Waals surface area (Å²) in [6.07, 6.45) is 2.56. The Balaban J connectivity index is 3.05. The number of aryl methyl sites for hydroxylation is 1. The van der Waals surface area contributed by atoms with Crippen LogP contribution in [0.2, 0.25) is 0 Å². The Kier molecular flexibility index (Phi) is 2.48. The molecule has 0 heterocycles. The zero-order valence-electron chi connectivity index (χ0n) is 7.09. The molecule has 1 aromatic carbocycles. The summed E-state index contributed by atoms with van der Waals surface area (Å²) in [7, 11) is 0. The van der Waals surface area contributed by atoms with Crippen LogP contribution in [0.4, 0.5) is 0 Å². The first-order valence-electron chi connectivity index (χ1n) is 3.84. The van der Waals surface area contributed by atoms with Crippen molar-refractivity contribution in [1.29, 1.82) is 0 Å². The van der Waals surface area contributed by atoms with E-state index in [0.717, 1.165) is 6.42 Å². The molecule has 0 fully saturated rings. The predicted octanol–water partition coefficient (Wildman–Crippen LogP) is 2.84. The van der Waals surface area contributed by atoms with E-state index in [1.165, 1.54) is 16.7 Å². The van der Waals surface area contributed by atoms with Gasteiger partial charge in [-0.25, -0.2) is 0 Å². The molecule has 1 aromatic rings. The van der Waals surface area contributed by atoms with Crippen LogP contribution in [-0.4, -0.2) is 0 Å². The molecule has 0 nitrogen and oxygen atoms in total. The molecule has 0 bridgehead atoms. The highest BCUT2D eigenvalue weighted by Gasteiger charge is 1.96. The standard InChI is InChI=1S/C11H13/c1-4-6-11-8-5-7-9(2)10(11)3/h1,4-5,7-8H,6H2,2-3H3. The van der Waals surface area contributed by atoms with Gasteiger partial charge in [-0.2, -0.15) is 0 Å². The van der Waals surface area contributed by atoms with E-state index >= 15 is 0 Å². The van der Waals surface area contributed by atoms with Crippen molar-refractivity contribution >= 4 is 0 Å². The first-order chi connectivity index (χ1) is 5.25. The lowest BCUT2D eigenvalue weighted by molar-refractivity contribution is 1.18. The Morgan fingerprint density at radius 2 is 2.09 bits per heavy atom. The topological polar surface area (TPSA) is 0 Å². The SMILES string of the molecule is [CH]=CCc1cccc(C)c1C. The van der Waals surface area contributed by atoms with Crippen molar-refractivity contribution in [3.05, 3.63) is 47.5 Å². The van der Waals surface area contributed by atoms with Crippen LogP contribution in [0.15, 0.2) is 24.3 Å². The Hall–Kier alpha value is -1.04. The molecular weight excluding hydrogens is 132 g/mol. The molecule has 0 saturated carbocycles. The average molecular weight is 145 g/mol. The fraction of sp³-hybridized carbons (Fsp3) is 0.273. The lowest BCUT2D eigenvalue weighted by Crippen LogP contribution is -1.89. The lowest BCUT2D eigenvalue weighted by atomic mass is 10.0. The number of rotatable bonds is 2. The number of hydrogen-bond acceptors (Lipinski definition) is 0. The summed E-state index contributed by atoms with van der Waals surface area (Å²) < 4.78 is 0. The summed E-state index contributed by atoms with van der Waals surface area (Å²) in [5.41, 5.74) is 4.02. The van der Waals surface area contributed by atoms with Crippen LogP contribution in [-0.2, 0) is 6.42 Å². The third kappa shape index (κ3) is 1.70. The normalized spacial score (nSPS) is 9.64. The van der Waals surface area contributed by atoms with Gasteiger partial charge < -0.3 is 0 Å². The van der Waals surface area contributed by atoms with Gasteiger partial charge in [0, 0.05) is 0 Å². The predicted molar refractivity (Wildman–Crippen MR) is 48.5 cm³/mol. The third-order valence-electron chi connectivity index (χ3n) is 2.05. The first kappa shape index (κ1) is 8.06. The Labute approximate surface area is 68.6 Å². The van der Waals surface area contributed by atoms with Gasteiger partial charge in [0.15, 0.2) is 0 Å². The monoisotopic (exact) mass is 145 g/mol. The highest BCUT2D eigenvalue weighted by molar-refractivity contribution is 5.33. The van der Waals surface area contributed by atoms with E-state index < -0.39 is 0 Å². The van der Waals surface area contributed by atoms with Crippen LogP contribution in [0, 0.1) is 20.4 Å². The molecule has 0 saturated heterocycles. The maximum atomic E-state index is 5.35. The molecule has 0 atom stereocenters. The molecule has 0 aliphatic rings. The van der Waals surface area contributed by atoms with Crippen molar-refractivity contribution in [2.24, 2.45) is 0 Å². The molecule has 0 amide bonds. The van der Waals surface area contributed by atoms with Crippen molar-refractivity contribution in [3.8, 4) is 0 Å². The molecule has 0 aromatic heterocycles. The second-order valence-electron chi connectivity index (χ2n) is 2.80. The van der Waals surface area contributed by atoms with E-state index in [1.807, 2.05) is 0 Å². The maximum Gasteiger partial charge on any atom is -0.00916 e. The van der Waals surface area contributed by atoms with Crippen LogP contribution in [0.5, 0.6) is 0 Å². The largest absolute Gasteiger partial charge is 0.0801 e. The molecule has 1 rings (SSSR count). The van der Waals surface area contributed by atoms with Gasteiger partial charge in [0.25, 0.3) is 0 Å². The van der Waals surface area contributed by atoms with Crippen molar-refractivity contribution in [3.63, 3.8) is 0 Å². The average Bonchev–Trinajstić information content (AvgIpc) is 1.99. The molecule has 0 N–H and O–H groups in total. The summed E-state index contributed by atoms with van der Waals surface area (Å²) in [4.78, 5) is 0. The number of allylic oxidation sites excluding steroid dienone is 1. The van der Waals surface area contributed by atoms with Gasteiger partial charge in [-0.3, -0.25) is 0 Å². The first-order valence-corrected chi connectivity index (χ1v) is 3.84. The Morgan fingerprint density at radius 1 is 1.36 bits per heavy atom. The third-order valence-corrected chi connectivity index (χ3v) is 2.05. The second-order valence-corrected chi connectivity index (χ2v) is 2.80. The van der Waals surface area contributed by atoms with Crippen LogP contribution in [0.3, 0.4) is 0 Å². The van der Waals surface area contributed by atoms with Gasteiger partial charge in [0.05, 0.1) is 0 Å². The van der Waals surface area contributed by atoms with E-state index in [0.29, 0.717) is 0 Å². The molecule has 0 aliphatic heterocycles. The molecule has 1 radical (unpaired) electrons. The van der Waals surface area contributed by atoms with Crippen molar-refractivity contribution in [2.75, 3.05) is 0 Å². The Bertz CT molecular complexity index is 259. The van der Waals surface area contributed by atoms with E-state index in [4.69, 9.17) is 6.58 Å². The summed E-state index contributed by atoms with van der Waals surface area (Å²) in [6.45, 7) is 9.61. The molecular formula is C11H13. The van der Waals surface area contributed by atoms with E-state index in [9.17, 15) is 0 Å². The smallest absolute Gasteiger partial charge is 0.00916 e. The second kappa shape index (κ2) is 3.38. The zero-order chi connectivity index (χ0) is 8.27. The van der Waals surface area contributed by atoms with E-state index in [1.54, 1.807) is 6.08 Å².